The molecule has 1 nitrogen and oxygen atoms in total. The van der Waals surface area contributed by atoms with Gasteiger partial charge in [0.05, 0.1) is 0 Å². The predicted molar refractivity (Wildman–Crippen MR) is 60.2 cm³/mol. The zero-order chi connectivity index (χ0) is 10.6. The summed E-state index contributed by atoms with van der Waals surface area (Å²) in [5, 5.41) is 0. The van der Waals surface area contributed by atoms with Crippen LogP contribution in [0.4, 0.5) is 0 Å². The van der Waals surface area contributed by atoms with E-state index in [0.29, 0.717) is 11.7 Å². The fraction of sp³-hybridized carbons (Fsp3) is 0.769. The minimum absolute atomic E-state index is 0.129. The monoisotopic (exact) mass is 194 g/mol. The topological polar surface area (TPSA) is 17.1 Å². The summed E-state index contributed by atoms with van der Waals surface area (Å²) in [4.78, 5) is 11.8. The van der Waals surface area contributed by atoms with Crippen LogP contribution in [-0.2, 0) is 4.79 Å². The first-order chi connectivity index (χ1) is 6.49. The van der Waals surface area contributed by atoms with Gasteiger partial charge in [0.2, 0.25) is 0 Å². The van der Waals surface area contributed by atoms with E-state index in [1.165, 1.54) is 19.3 Å². The Morgan fingerprint density at radius 1 is 1.14 bits per heavy atom. The van der Waals surface area contributed by atoms with Crippen LogP contribution in [0.2, 0.25) is 0 Å². The van der Waals surface area contributed by atoms with E-state index in [1.807, 2.05) is 6.08 Å². The van der Waals surface area contributed by atoms with Crippen molar-refractivity contribution in [3.63, 3.8) is 0 Å². The third-order valence-corrected chi connectivity index (χ3v) is 2.76. The third-order valence-electron chi connectivity index (χ3n) is 2.76. The van der Waals surface area contributed by atoms with Crippen molar-refractivity contribution in [2.75, 3.05) is 0 Å². The number of hydrogen-bond acceptors (Lipinski definition) is 1. The number of carbonyl (C=O) groups is 1. The molecule has 0 aliphatic heterocycles. The van der Waals surface area contributed by atoms with Crippen LogP contribution in [0.3, 0.4) is 0 Å². The summed E-state index contributed by atoms with van der Waals surface area (Å²) in [5.41, 5.74) is 0.129. The van der Waals surface area contributed by atoms with Gasteiger partial charge >= 0.3 is 0 Å². The highest BCUT2D eigenvalue weighted by Gasteiger charge is 2.19. The first-order valence-electron chi connectivity index (χ1n) is 5.72. The van der Waals surface area contributed by atoms with Crippen molar-refractivity contribution < 1.29 is 4.79 Å². The number of rotatable bonds is 2. The highest BCUT2D eigenvalue weighted by atomic mass is 16.1. The second kappa shape index (κ2) is 4.77. The normalized spacial score (nSPS) is 20.2. The molecular formula is C13H22O. The lowest BCUT2D eigenvalue weighted by molar-refractivity contribution is -0.119. The van der Waals surface area contributed by atoms with Crippen molar-refractivity contribution in [3.05, 3.63) is 12.2 Å². The predicted octanol–water partition coefficient (Wildman–Crippen LogP) is 3.74. The Balaban J connectivity index is 2.44. The van der Waals surface area contributed by atoms with Crippen molar-refractivity contribution in [2.45, 2.75) is 52.9 Å². The van der Waals surface area contributed by atoms with E-state index in [9.17, 15) is 4.79 Å². The van der Waals surface area contributed by atoms with Gasteiger partial charge in [-0.25, -0.2) is 0 Å². The number of allylic oxidation sites excluding steroid dienone is 2. The molecule has 0 heterocycles. The smallest absolute Gasteiger partial charge is 0.158 e. The van der Waals surface area contributed by atoms with Crippen LogP contribution in [0, 0.1) is 11.3 Å². The number of hydrogen-bond donors (Lipinski definition) is 0. The molecule has 0 amide bonds. The Morgan fingerprint density at radius 2 is 1.71 bits per heavy atom. The fourth-order valence-corrected chi connectivity index (χ4v) is 1.86. The Kier molecular flexibility index (Phi) is 3.91. The maximum absolute atomic E-state index is 11.8. The van der Waals surface area contributed by atoms with Gasteiger partial charge in [-0.2, -0.15) is 0 Å². The standard InChI is InChI=1S/C13H22O/c1-13(2,3)10-9-12(14)11-7-5-4-6-8-11/h9-11H,4-8H2,1-3H3/b10-9+. The van der Waals surface area contributed by atoms with Gasteiger partial charge < -0.3 is 0 Å². The highest BCUT2D eigenvalue weighted by Crippen LogP contribution is 2.25. The lowest BCUT2D eigenvalue weighted by Gasteiger charge is -2.19. The second-order valence-corrected chi connectivity index (χ2v) is 5.44. The summed E-state index contributed by atoms with van der Waals surface area (Å²) < 4.78 is 0. The van der Waals surface area contributed by atoms with E-state index >= 15 is 0 Å². The zero-order valence-electron chi connectivity index (χ0n) is 9.68. The average Bonchev–Trinajstić information content (AvgIpc) is 2.14. The maximum atomic E-state index is 11.8. The van der Waals surface area contributed by atoms with Crippen LogP contribution in [0.1, 0.15) is 52.9 Å². The molecule has 0 N–H and O–H groups in total. The van der Waals surface area contributed by atoms with Crippen LogP contribution >= 0.6 is 0 Å². The Hall–Kier alpha value is -0.590. The first-order valence-corrected chi connectivity index (χ1v) is 5.72. The van der Waals surface area contributed by atoms with Crippen LogP contribution in [-0.4, -0.2) is 5.78 Å². The SMILES string of the molecule is CC(C)(C)/C=C/C(=O)C1CCCCC1. The van der Waals surface area contributed by atoms with Crippen molar-refractivity contribution >= 4 is 5.78 Å². The molecule has 14 heavy (non-hydrogen) atoms. The molecule has 80 valence electrons. The molecule has 0 aromatic rings. The summed E-state index contributed by atoms with van der Waals surface area (Å²) in [6.07, 6.45) is 9.83. The van der Waals surface area contributed by atoms with Gasteiger partial charge in [-0.3, -0.25) is 4.79 Å². The van der Waals surface area contributed by atoms with Gasteiger partial charge in [0.25, 0.3) is 0 Å². The van der Waals surface area contributed by atoms with Crippen LogP contribution in [0.25, 0.3) is 0 Å². The summed E-state index contributed by atoms with van der Waals surface area (Å²) in [5.74, 6) is 0.668. The molecule has 0 atom stereocenters. The van der Waals surface area contributed by atoms with E-state index in [2.05, 4.69) is 20.8 Å². The minimum atomic E-state index is 0.129. The van der Waals surface area contributed by atoms with E-state index in [1.54, 1.807) is 6.08 Å². The third kappa shape index (κ3) is 4.08. The first kappa shape index (κ1) is 11.5. The maximum Gasteiger partial charge on any atom is 0.158 e. The summed E-state index contributed by atoms with van der Waals surface area (Å²) in [6, 6.07) is 0. The lowest BCUT2D eigenvalue weighted by Crippen LogP contribution is -2.16. The van der Waals surface area contributed by atoms with Crippen LogP contribution in [0.15, 0.2) is 12.2 Å². The summed E-state index contributed by atoms with van der Waals surface area (Å²) in [6.45, 7) is 6.37. The molecule has 0 unspecified atom stereocenters. The van der Waals surface area contributed by atoms with Crippen molar-refractivity contribution in [3.8, 4) is 0 Å². The largest absolute Gasteiger partial charge is 0.295 e. The summed E-state index contributed by atoms with van der Waals surface area (Å²) >= 11 is 0. The molecule has 1 heteroatoms. The minimum Gasteiger partial charge on any atom is -0.295 e. The molecule has 0 aromatic heterocycles. The van der Waals surface area contributed by atoms with Crippen molar-refractivity contribution in [1.82, 2.24) is 0 Å². The van der Waals surface area contributed by atoms with Gasteiger partial charge in [0.1, 0.15) is 0 Å². The molecule has 0 bridgehead atoms. The molecule has 1 fully saturated rings. The molecular weight excluding hydrogens is 172 g/mol. The van der Waals surface area contributed by atoms with Gasteiger partial charge in [0, 0.05) is 5.92 Å². The van der Waals surface area contributed by atoms with E-state index < -0.39 is 0 Å². The fourth-order valence-electron chi connectivity index (χ4n) is 1.86. The quantitative estimate of drug-likeness (QED) is 0.612. The van der Waals surface area contributed by atoms with Crippen molar-refractivity contribution in [2.24, 2.45) is 11.3 Å². The second-order valence-electron chi connectivity index (χ2n) is 5.44. The van der Waals surface area contributed by atoms with Crippen LogP contribution < -0.4 is 0 Å². The van der Waals surface area contributed by atoms with Crippen LogP contribution in [0.5, 0.6) is 0 Å². The zero-order valence-corrected chi connectivity index (χ0v) is 9.68. The molecule has 0 aromatic carbocycles. The molecule has 1 aliphatic rings. The molecule has 0 radical (unpaired) electrons. The van der Waals surface area contributed by atoms with Gasteiger partial charge in [0.15, 0.2) is 5.78 Å². The Morgan fingerprint density at radius 3 is 2.21 bits per heavy atom. The molecule has 1 rings (SSSR count). The lowest BCUT2D eigenvalue weighted by atomic mass is 9.85. The van der Waals surface area contributed by atoms with E-state index in [4.69, 9.17) is 0 Å². The highest BCUT2D eigenvalue weighted by molar-refractivity contribution is 5.91. The number of carbonyl (C=O) groups excluding carboxylic acids is 1. The molecule has 0 saturated heterocycles. The Bertz CT molecular complexity index is 214. The van der Waals surface area contributed by atoms with Crippen molar-refractivity contribution in [1.29, 1.82) is 0 Å². The van der Waals surface area contributed by atoms with Gasteiger partial charge in [-0.1, -0.05) is 46.1 Å². The molecule has 0 spiro atoms. The molecule has 1 aliphatic carbocycles. The number of ketones is 1. The average molecular weight is 194 g/mol. The Labute approximate surface area is 87.6 Å². The van der Waals surface area contributed by atoms with E-state index in [0.717, 1.165) is 12.8 Å². The molecule has 1 saturated carbocycles. The van der Waals surface area contributed by atoms with Gasteiger partial charge in [-0.05, 0) is 24.3 Å². The van der Waals surface area contributed by atoms with Gasteiger partial charge in [-0.15, -0.1) is 0 Å². The summed E-state index contributed by atoms with van der Waals surface area (Å²) in [7, 11) is 0. The van der Waals surface area contributed by atoms with E-state index in [-0.39, 0.29) is 5.41 Å².